The summed E-state index contributed by atoms with van der Waals surface area (Å²) in [6.07, 6.45) is 5.61. The molecule has 6 nitrogen and oxygen atoms in total. The van der Waals surface area contributed by atoms with Crippen molar-refractivity contribution in [1.29, 1.82) is 0 Å². The molecule has 1 N–H and O–H groups in total. The monoisotopic (exact) mass is 494 g/mol. The zero-order valence-corrected chi connectivity index (χ0v) is 21.3. The first kappa shape index (κ1) is 25.3. The highest BCUT2D eigenvalue weighted by molar-refractivity contribution is 7.99. The van der Waals surface area contributed by atoms with Crippen LogP contribution in [0.3, 0.4) is 0 Å². The molecule has 186 valence electrons. The molecule has 1 saturated heterocycles. The van der Waals surface area contributed by atoms with Gasteiger partial charge in [-0.1, -0.05) is 0 Å². The van der Waals surface area contributed by atoms with E-state index in [1.165, 1.54) is 10.5 Å². The number of carbonyl (C=O) groups is 1. The smallest absolute Gasteiger partial charge is 0.308 e. The zero-order valence-electron chi connectivity index (χ0n) is 20.5. The van der Waals surface area contributed by atoms with Crippen LogP contribution in [0.15, 0.2) is 59.6 Å². The summed E-state index contributed by atoms with van der Waals surface area (Å²) < 4.78 is 10.6. The molecule has 0 saturated carbocycles. The van der Waals surface area contributed by atoms with Gasteiger partial charge in [-0.2, -0.15) is 0 Å². The first-order valence-electron chi connectivity index (χ1n) is 12.2. The number of pyridine rings is 1. The van der Waals surface area contributed by atoms with Gasteiger partial charge in [0, 0.05) is 35.3 Å². The predicted molar refractivity (Wildman–Crippen MR) is 141 cm³/mol. The van der Waals surface area contributed by atoms with Gasteiger partial charge < -0.3 is 19.5 Å². The molecular weight excluding hydrogens is 460 g/mol. The Hall–Kier alpha value is -2.77. The van der Waals surface area contributed by atoms with Gasteiger partial charge in [0.1, 0.15) is 11.5 Å². The molecule has 0 aliphatic carbocycles. The van der Waals surface area contributed by atoms with Crippen LogP contribution in [0.5, 0.6) is 11.5 Å². The molecule has 35 heavy (non-hydrogen) atoms. The van der Waals surface area contributed by atoms with E-state index in [0.717, 1.165) is 66.9 Å². The molecule has 0 unspecified atom stereocenters. The van der Waals surface area contributed by atoms with Crippen molar-refractivity contribution in [3.63, 3.8) is 0 Å². The van der Waals surface area contributed by atoms with Crippen LogP contribution in [0, 0.1) is 11.8 Å². The Morgan fingerprint density at radius 1 is 1.11 bits per heavy atom. The van der Waals surface area contributed by atoms with Crippen molar-refractivity contribution in [3.05, 3.63) is 60.3 Å². The third-order valence-electron chi connectivity index (χ3n) is 6.95. The lowest BCUT2D eigenvalue weighted by Gasteiger charge is -2.36. The van der Waals surface area contributed by atoms with E-state index < -0.39 is 5.97 Å². The Bertz CT molecular complexity index is 1120. The van der Waals surface area contributed by atoms with E-state index in [9.17, 15) is 9.90 Å². The van der Waals surface area contributed by atoms with E-state index >= 15 is 0 Å². The number of benzene rings is 2. The number of carboxylic acid groups (broad SMARTS) is 1. The molecule has 3 aromatic rings. The van der Waals surface area contributed by atoms with Crippen molar-refractivity contribution in [2.45, 2.75) is 30.6 Å². The molecule has 1 aliphatic heterocycles. The Balaban J connectivity index is 1.27. The number of hydrogen-bond donors (Lipinski definition) is 1. The second-order valence-corrected chi connectivity index (χ2v) is 10.2. The summed E-state index contributed by atoms with van der Waals surface area (Å²) in [7, 11) is 3.34. The molecule has 1 aliphatic rings. The molecule has 0 amide bonds. The number of nitrogens with zero attached hydrogens (tertiary/aromatic N) is 2. The molecule has 1 fully saturated rings. The van der Waals surface area contributed by atoms with E-state index in [1.807, 2.05) is 36.5 Å². The SMILES string of the molecule is COc1ccc(SCCN2CC[C@@H](CCCc3ccnc4ccc(OC)cc34)[C@@H](C(=O)O)C2)cc1. The number of piperidine rings is 1. The van der Waals surface area contributed by atoms with Gasteiger partial charge in [-0.3, -0.25) is 9.78 Å². The lowest BCUT2D eigenvalue weighted by molar-refractivity contribution is -0.146. The third kappa shape index (κ3) is 6.67. The number of likely N-dealkylation sites (tertiary alicyclic amines) is 1. The number of fused-ring (bicyclic) bond motifs is 1. The number of aliphatic carboxylic acids is 1. The highest BCUT2D eigenvalue weighted by Gasteiger charge is 2.33. The molecule has 2 aromatic carbocycles. The molecule has 0 bridgehead atoms. The zero-order chi connectivity index (χ0) is 24.6. The maximum absolute atomic E-state index is 12.1. The largest absolute Gasteiger partial charge is 0.497 e. The maximum Gasteiger partial charge on any atom is 0.308 e. The van der Waals surface area contributed by atoms with Crippen molar-refractivity contribution in [3.8, 4) is 11.5 Å². The molecule has 2 atom stereocenters. The topological polar surface area (TPSA) is 71.9 Å². The lowest BCUT2D eigenvalue weighted by atomic mass is 9.81. The van der Waals surface area contributed by atoms with Gasteiger partial charge in [0.25, 0.3) is 0 Å². The first-order valence-corrected chi connectivity index (χ1v) is 13.2. The number of aromatic nitrogens is 1. The van der Waals surface area contributed by atoms with Gasteiger partial charge in [-0.15, -0.1) is 11.8 Å². The van der Waals surface area contributed by atoms with E-state index in [0.29, 0.717) is 6.54 Å². The van der Waals surface area contributed by atoms with Crippen LogP contribution in [-0.4, -0.2) is 60.6 Å². The molecule has 0 radical (unpaired) electrons. The van der Waals surface area contributed by atoms with Crippen molar-refractivity contribution >= 4 is 28.6 Å². The standard InChI is InChI=1S/C28H34N2O4S/c1-33-22-6-9-24(10-7-22)35-17-16-30-15-13-21(26(19-30)28(31)32)5-3-4-20-12-14-29-27-11-8-23(34-2)18-25(20)27/h6-12,14,18,21,26H,3-5,13,15-17,19H2,1-2H3,(H,31,32)/t21-,26+/m1/s1. The van der Waals surface area contributed by atoms with E-state index in [-0.39, 0.29) is 11.8 Å². The summed E-state index contributed by atoms with van der Waals surface area (Å²) in [5.74, 6) is 1.89. The minimum atomic E-state index is -0.665. The molecule has 7 heteroatoms. The van der Waals surface area contributed by atoms with E-state index in [4.69, 9.17) is 9.47 Å². The average molecular weight is 495 g/mol. The first-order chi connectivity index (χ1) is 17.1. The van der Waals surface area contributed by atoms with Crippen LogP contribution in [0.4, 0.5) is 0 Å². The minimum absolute atomic E-state index is 0.223. The molecule has 0 spiro atoms. The minimum Gasteiger partial charge on any atom is -0.497 e. The Morgan fingerprint density at radius 3 is 2.63 bits per heavy atom. The second-order valence-electron chi connectivity index (χ2n) is 9.06. The summed E-state index contributed by atoms with van der Waals surface area (Å²) in [6, 6.07) is 16.1. The molecule has 1 aromatic heterocycles. The predicted octanol–water partition coefficient (Wildman–Crippen LogP) is 5.39. The van der Waals surface area contributed by atoms with Crippen LogP contribution in [0.1, 0.15) is 24.8 Å². The van der Waals surface area contributed by atoms with Crippen LogP contribution >= 0.6 is 11.8 Å². The highest BCUT2D eigenvalue weighted by atomic mass is 32.2. The Morgan fingerprint density at radius 2 is 1.89 bits per heavy atom. The summed E-state index contributed by atoms with van der Waals surface area (Å²) in [5, 5.41) is 11.0. The number of thioether (sulfide) groups is 1. The van der Waals surface area contributed by atoms with Crippen LogP contribution in [-0.2, 0) is 11.2 Å². The third-order valence-corrected chi connectivity index (χ3v) is 7.95. The van der Waals surface area contributed by atoms with Crippen molar-refractivity contribution in [1.82, 2.24) is 9.88 Å². The number of rotatable bonds is 11. The maximum atomic E-state index is 12.1. The van der Waals surface area contributed by atoms with Crippen LogP contribution < -0.4 is 9.47 Å². The average Bonchev–Trinajstić information content (AvgIpc) is 2.89. The van der Waals surface area contributed by atoms with E-state index in [2.05, 4.69) is 28.1 Å². The van der Waals surface area contributed by atoms with Gasteiger partial charge >= 0.3 is 5.97 Å². The Labute approximate surface area is 211 Å². The van der Waals surface area contributed by atoms with Gasteiger partial charge in [0.2, 0.25) is 0 Å². The molecule has 4 rings (SSSR count). The number of carboxylic acids is 1. The normalized spacial score (nSPS) is 18.5. The second kappa shape index (κ2) is 12.3. The molecule has 2 heterocycles. The van der Waals surface area contributed by atoms with Crippen molar-refractivity contribution < 1.29 is 19.4 Å². The Kier molecular flexibility index (Phi) is 8.88. The van der Waals surface area contributed by atoms with E-state index in [1.54, 1.807) is 26.0 Å². The van der Waals surface area contributed by atoms with Gasteiger partial charge in [0.15, 0.2) is 0 Å². The highest BCUT2D eigenvalue weighted by Crippen LogP contribution is 2.30. The molecular formula is C28H34N2O4S. The number of hydrogen-bond acceptors (Lipinski definition) is 6. The van der Waals surface area contributed by atoms with Crippen molar-refractivity contribution in [2.24, 2.45) is 11.8 Å². The van der Waals surface area contributed by atoms with Gasteiger partial charge in [-0.05, 0) is 92.2 Å². The van der Waals surface area contributed by atoms with Crippen molar-refractivity contribution in [2.75, 3.05) is 39.6 Å². The number of aryl methyl sites for hydroxylation is 1. The fourth-order valence-electron chi connectivity index (χ4n) is 4.94. The summed E-state index contributed by atoms with van der Waals surface area (Å²) in [6.45, 7) is 2.50. The van der Waals surface area contributed by atoms with Gasteiger partial charge in [-0.25, -0.2) is 0 Å². The van der Waals surface area contributed by atoms with Crippen LogP contribution in [0.25, 0.3) is 10.9 Å². The van der Waals surface area contributed by atoms with Gasteiger partial charge in [0.05, 0.1) is 25.7 Å². The quantitative estimate of drug-likeness (QED) is 0.358. The fraction of sp³-hybridized carbons (Fsp3) is 0.429. The lowest BCUT2D eigenvalue weighted by Crippen LogP contribution is -2.44. The van der Waals surface area contributed by atoms with Crippen LogP contribution in [0.2, 0.25) is 0 Å². The number of ether oxygens (including phenoxy) is 2. The summed E-state index contributed by atoms with van der Waals surface area (Å²) in [5.41, 5.74) is 2.21. The summed E-state index contributed by atoms with van der Waals surface area (Å²) in [4.78, 5) is 20.1. The fourth-order valence-corrected chi connectivity index (χ4v) is 5.86. The summed E-state index contributed by atoms with van der Waals surface area (Å²) >= 11 is 1.80. The number of methoxy groups -OCH3 is 2.